The van der Waals surface area contributed by atoms with E-state index < -0.39 is 5.82 Å². The molecule has 19 heavy (non-hydrogen) atoms. The van der Waals surface area contributed by atoms with Gasteiger partial charge in [-0.1, -0.05) is 13.0 Å². The molecule has 1 amide bonds. The number of methoxy groups -OCH3 is 1. The van der Waals surface area contributed by atoms with E-state index in [9.17, 15) is 9.18 Å². The third-order valence-corrected chi connectivity index (χ3v) is 3.57. The normalized spacial score (nSPS) is 20.7. The molecule has 0 aliphatic carbocycles. The molecule has 1 aliphatic heterocycles. The lowest BCUT2D eigenvalue weighted by atomic mass is 10.1. The van der Waals surface area contributed by atoms with Crippen LogP contribution in [0.25, 0.3) is 0 Å². The van der Waals surface area contributed by atoms with E-state index >= 15 is 0 Å². The van der Waals surface area contributed by atoms with Crippen LogP contribution >= 0.6 is 0 Å². The topological polar surface area (TPSA) is 41.6 Å². The lowest BCUT2D eigenvalue weighted by Crippen LogP contribution is -2.37. The summed E-state index contributed by atoms with van der Waals surface area (Å²) in [6, 6.07) is 4.92. The van der Waals surface area contributed by atoms with Gasteiger partial charge in [0.15, 0.2) is 11.6 Å². The van der Waals surface area contributed by atoms with Gasteiger partial charge in [0.25, 0.3) is 0 Å². The Morgan fingerprint density at radius 2 is 2.32 bits per heavy atom. The van der Waals surface area contributed by atoms with Crippen molar-refractivity contribution in [3.8, 4) is 5.75 Å². The van der Waals surface area contributed by atoms with Crippen LogP contribution in [0.5, 0.6) is 5.75 Å². The molecule has 1 N–H and O–H groups in total. The summed E-state index contributed by atoms with van der Waals surface area (Å²) >= 11 is 0. The number of ether oxygens (including phenoxy) is 1. The van der Waals surface area contributed by atoms with Crippen molar-refractivity contribution in [3.05, 3.63) is 29.6 Å². The minimum atomic E-state index is -0.412. The van der Waals surface area contributed by atoms with E-state index in [4.69, 9.17) is 4.74 Å². The first-order valence-electron chi connectivity index (χ1n) is 6.46. The number of nitrogens with zero attached hydrogens (tertiary/aromatic N) is 1. The average Bonchev–Trinajstić information content (AvgIpc) is 2.79. The molecule has 2 unspecified atom stereocenters. The van der Waals surface area contributed by atoms with Crippen molar-refractivity contribution in [1.82, 2.24) is 10.2 Å². The first-order chi connectivity index (χ1) is 9.08. The standard InChI is InChI=1S/C14H19FN2O2/c1-4-9(2)17-13(18)8-16-14(17)10-5-6-12(19-3)11(15)7-10/h5-7,9,14,16H,4,8H2,1-3H3. The van der Waals surface area contributed by atoms with Gasteiger partial charge in [0.1, 0.15) is 6.17 Å². The van der Waals surface area contributed by atoms with Gasteiger partial charge in [-0.15, -0.1) is 0 Å². The highest BCUT2D eigenvalue weighted by Crippen LogP contribution is 2.28. The lowest BCUT2D eigenvalue weighted by molar-refractivity contribution is -0.130. The van der Waals surface area contributed by atoms with Crippen LogP contribution in [0.4, 0.5) is 4.39 Å². The Labute approximate surface area is 112 Å². The Morgan fingerprint density at radius 3 is 2.89 bits per heavy atom. The molecular formula is C14H19FN2O2. The van der Waals surface area contributed by atoms with Crippen molar-refractivity contribution < 1.29 is 13.9 Å². The van der Waals surface area contributed by atoms with Gasteiger partial charge in [-0.05, 0) is 31.0 Å². The molecule has 1 saturated heterocycles. The van der Waals surface area contributed by atoms with Crippen molar-refractivity contribution >= 4 is 5.91 Å². The van der Waals surface area contributed by atoms with Gasteiger partial charge in [0.05, 0.1) is 13.7 Å². The molecule has 1 aromatic carbocycles. The van der Waals surface area contributed by atoms with Crippen molar-refractivity contribution in [1.29, 1.82) is 0 Å². The fourth-order valence-corrected chi connectivity index (χ4v) is 2.35. The maximum absolute atomic E-state index is 13.8. The van der Waals surface area contributed by atoms with Crippen molar-refractivity contribution in [2.75, 3.05) is 13.7 Å². The van der Waals surface area contributed by atoms with E-state index in [0.29, 0.717) is 6.54 Å². The monoisotopic (exact) mass is 266 g/mol. The van der Waals surface area contributed by atoms with Crippen molar-refractivity contribution in [2.24, 2.45) is 0 Å². The number of hydrogen-bond acceptors (Lipinski definition) is 3. The molecular weight excluding hydrogens is 247 g/mol. The Kier molecular flexibility index (Phi) is 4.04. The second-order valence-corrected chi connectivity index (χ2v) is 4.74. The molecule has 2 atom stereocenters. The highest BCUT2D eigenvalue weighted by molar-refractivity contribution is 5.81. The summed E-state index contributed by atoms with van der Waals surface area (Å²) in [5, 5.41) is 3.12. The van der Waals surface area contributed by atoms with Crippen LogP contribution in [-0.4, -0.2) is 30.5 Å². The molecule has 104 valence electrons. The first kappa shape index (κ1) is 13.8. The van der Waals surface area contributed by atoms with Crippen LogP contribution in [0.2, 0.25) is 0 Å². The second-order valence-electron chi connectivity index (χ2n) is 4.74. The van der Waals surface area contributed by atoms with Gasteiger partial charge >= 0.3 is 0 Å². The highest BCUT2D eigenvalue weighted by Gasteiger charge is 2.34. The zero-order valence-electron chi connectivity index (χ0n) is 11.4. The molecule has 1 aliphatic rings. The maximum atomic E-state index is 13.8. The zero-order chi connectivity index (χ0) is 14.0. The molecule has 1 aromatic rings. The van der Waals surface area contributed by atoms with E-state index in [1.165, 1.54) is 13.2 Å². The third kappa shape index (κ3) is 2.56. The quantitative estimate of drug-likeness (QED) is 0.907. The minimum absolute atomic E-state index is 0.0515. The molecule has 4 nitrogen and oxygen atoms in total. The SMILES string of the molecule is CCC(C)N1C(=O)CNC1c1ccc(OC)c(F)c1. The maximum Gasteiger partial charge on any atom is 0.238 e. The fourth-order valence-electron chi connectivity index (χ4n) is 2.35. The molecule has 1 heterocycles. The summed E-state index contributed by atoms with van der Waals surface area (Å²) in [5.41, 5.74) is 0.740. The summed E-state index contributed by atoms with van der Waals surface area (Å²) in [6.07, 6.45) is 0.602. The predicted octanol–water partition coefficient (Wildman–Crippen LogP) is 2.06. The number of nitrogens with one attached hydrogen (secondary N) is 1. The number of hydrogen-bond donors (Lipinski definition) is 1. The molecule has 0 bridgehead atoms. The number of carbonyl (C=O) groups excluding carboxylic acids is 1. The molecule has 0 saturated carbocycles. The summed E-state index contributed by atoms with van der Waals surface area (Å²) < 4.78 is 18.7. The highest BCUT2D eigenvalue weighted by atomic mass is 19.1. The van der Waals surface area contributed by atoms with Crippen LogP contribution in [0, 0.1) is 5.82 Å². The summed E-state index contributed by atoms with van der Waals surface area (Å²) in [5.74, 6) is -0.149. The third-order valence-electron chi connectivity index (χ3n) is 3.57. The Balaban J connectivity index is 2.30. The van der Waals surface area contributed by atoms with Gasteiger partial charge in [-0.2, -0.15) is 0 Å². The zero-order valence-corrected chi connectivity index (χ0v) is 11.4. The number of benzene rings is 1. The average molecular weight is 266 g/mol. The molecule has 0 aromatic heterocycles. The number of carbonyl (C=O) groups is 1. The van der Waals surface area contributed by atoms with Crippen molar-refractivity contribution in [3.63, 3.8) is 0 Å². The molecule has 1 fully saturated rings. The van der Waals surface area contributed by atoms with Crippen LogP contribution in [0.3, 0.4) is 0 Å². The molecule has 5 heteroatoms. The summed E-state index contributed by atoms with van der Waals surface area (Å²) in [4.78, 5) is 13.7. The predicted molar refractivity (Wildman–Crippen MR) is 70.3 cm³/mol. The van der Waals surface area contributed by atoms with Crippen LogP contribution < -0.4 is 10.1 Å². The van der Waals surface area contributed by atoms with E-state index in [2.05, 4.69) is 5.32 Å². The smallest absolute Gasteiger partial charge is 0.238 e. The minimum Gasteiger partial charge on any atom is -0.494 e. The fraction of sp³-hybridized carbons (Fsp3) is 0.500. The van der Waals surface area contributed by atoms with Crippen LogP contribution in [0.15, 0.2) is 18.2 Å². The van der Waals surface area contributed by atoms with E-state index in [0.717, 1.165) is 12.0 Å². The number of rotatable bonds is 4. The Morgan fingerprint density at radius 1 is 1.58 bits per heavy atom. The Bertz CT molecular complexity index is 479. The lowest BCUT2D eigenvalue weighted by Gasteiger charge is -2.30. The number of amides is 1. The van der Waals surface area contributed by atoms with Gasteiger partial charge in [0, 0.05) is 6.04 Å². The number of halogens is 1. The van der Waals surface area contributed by atoms with Crippen molar-refractivity contribution in [2.45, 2.75) is 32.5 Å². The molecule has 0 radical (unpaired) electrons. The Hall–Kier alpha value is -1.62. The first-order valence-corrected chi connectivity index (χ1v) is 6.46. The largest absolute Gasteiger partial charge is 0.494 e. The molecule has 2 rings (SSSR count). The van der Waals surface area contributed by atoms with Gasteiger partial charge in [-0.25, -0.2) is 4.39 Å². The van der Waals surface area contributed by atoms with E-state index in [1.807, 2.05) is 13.8 Å². The van der Waals surface area contributed by atoms with E-state index in [1.54, 1.807) is 17.0 Å². The van der Waals surface area contributed by atoms with Gasteiger partial charge < -0.3 is 9.64 Å². The van der Waals surface area contributed by atoms with Gasteiger partial charge in [0.2, 0.25) is 5.91 Å². The second kappa shape index (κ2) is 5.57. The van der Waals surface area contributed by atoms with Gasteiger partial charge in [-0.3, -0.25) is 10.1 Å². The summed E-state index contributed by atoms with van der Waals surface area (Å²) in [6.45, 7) is 4.32. The molecule has 0 spiro atoms. The van der Waals surface area contributed by atoms with E-state index in [-0.39, 0.29) is 23.9 Å². The summed E-state index contributed by atoms with van der Waals surface area (Å²) in [7, 11) is 1.43. The van der Waals surface area contributed by atoms with Crippen LogP contribution in [-0.2, 0) is 4.79 Å². The van der Waals surface area contributed by atoms with Crippen LogP contribution in [0.1, 0.15) is 32.0 Å².